The summed E-state index contributed by atoms with van der Waals surface area (Å²) in [6.45, 7) is 0. The number of rotatable bonds is 2. The fraction of sp³-hybridized carbons (Fsp3) is 0. The number of hydrogen-bond acceptors (Lipinski definition) is 5. The molecule has 9 heteroatoms. The molecule has 0 radical (unpaired) electrons. The molecule has 0 atom stereocenters. The molecule has 0 fully saturated rings. The minimum Gasteiger partial charge on any atom is -0.742 e. The number of imidazole rings is 1. The van der Waals surface area contributed by atoms with Crippen LogP contribution in [0, 0.1) is 5.82 Å². The quantitative estimate of drug-likeness (QED) is 0.699. The topological polar surface area (TPSA) is 104 Å². The molecule has 0 aliphatic carbocycles. The number of nitrogens with zero attached hydrogens (tertiary/aromatic N) is 3. The third kappa shape index (κ3) is 1.98. The summed E-state index contributed by atoms with van der Waals surface area (Å²) in [6.07, 6.45) is 3.00. The highest BCUT2D eigenvalue weighted by Crippen LogP contribution is 2.21. The predicted molar refractivity (Wildman–Crippen MR) is 61.1 cm³/mol. The average Bonchev–Trinajstić information content (AvgIpc) is 2.94. The molecule has 1 aromatic carbocycles. The highest BCUT2D eigenvalue weighted by Gasteiger charge is 2.13. The molecule has 0 amide bonds. The molecule has 98 valence electrons. The predicted octanol–water partition coefficient (Wildman–Crippen LogP) is 0.792. The van der Waals surface area contributed by atoms with Crippen molar-refractivity contribution in [1.29, 1.82) is 0 Å². The van der Waals surface area contributed by atoms with Crippen molar-refractivity contribution in [2.45, 2.75) is 5.16 Å². The Bertz CT molecular complexity index is 854. The molecule has 0 aliphatic heterocycles. The van der Waals surface area contributed by atoms with Gasteiger partial charge in [-0.2, -0.15) is 5.10 Å². The second-order valence-corrected chi connectivity index (χ2v) is 5.06. The summed E-state index contributed by atoms with van der Waals surface area (Å²) in [6, 6.07) is 3.98. The summed E-state index contributed by atoms with van der Waals surface area (Å²) >= 11 is 0. The second kappa shape index (κ2) is 3.87. The van der Waals surface area contributed by atoms with Gasteiger partial charge in [-0.3, -0.25) is 0 Å². The lowest BCUT2D eigenvalue weighted by molar-refractivity contribution is 0.456. The number of aromatic amines is 1. The Morgan fingerprint density at radius 3 is 2.79 bits per heavy atom. The Morgan fingerprint density at radius 2 is 2.16 bits per heavy atom. The van der Waals surface area contributed by atoms with Crippen LogP contribution < -0.4 is 0 Å². The molecule has 0 spiro atoms. The van der Waals surface area contributed by atoms with E-state index < -0.39 is 21.1 Å². The fourth-order valence-electron chi connectivity index (χ4n) is 1.70. The van der Waals surface area contributed by atoms with E-state index in [1.165, 1.54) is 23.1 Å². The van der Waals surface area contributed by atoms with Crippen molar-refractivity contribution in [3.63, 3.8) is 0 Å². The van der Waals surface area contributed by atoms with Gasteiger partial charge in [0.25, 0.3) is 0 Å². The summed E-state index contributed by atoms with van der Waals surface area (Å²) in [5.74, 6) is -0.616. The number of benzene rings is 1. The Kier molecular flexibility index (Phi) is 2.40. The minimum atomic E-state index is -4.71. The molecular formula is C10H6FN4O3S-. The molecular weight excluding hydrogens is 275 g/mol. The van der Waals surface area contributed by atoms with Crippen LogP contribution >= 0.6 is 0 Å². The number of H-pyrrole nitrogens is 1. The van der Waals surface area contributed by atoms with Crippen LogP contribution in [0.2, 0.25) is 0 Å². The first kappa shape index (κ1) is 11.8. The SMILES string of the molecule is O=S(=O)([O-])c1nc2cc(-n3cccn3)c(F)cc2[nH]1. The maximum Gasteiger partial charge on any atom is 0.213 e. The van der Waals surface area contributed by atoms with Gasteiger partial charge in [0.15, 0.2) is 15.9 Å². The van der Waals surface area contributed by atoms with Crippen molar-refractivity contribution < 1.29 is 17.4 Å². The van der Waals surface area contributed by atoms with Crippen LogP contribution in [0.4, 0.5) is 4.39 Å². The van der Waals surface area contributed by atoms with Crippen LogP contribution in [0.25, 0.3) is 16.7 Å². The zero-order valence-electron chi connectivity index (χ0n) is 9.24. The van der Waals surface area contributed by atoms with Crippen molar-refractivity contribution in [3.05, 3.63) is 36.4 Å². The summed E-state index contributed by atoms with van der Waals surface area (Å²) in [7, 11) is -4.71. The Labute approximate surface area is 106 Å². The van der Waals surface area contributed by atoms with Gasteiger partial charge in [-0.05, 0) is 12.1 Å². The molecule has 0 aliphatic rings. The molecule has 2 heterocycles. The van der Waals surface area contributed by atoms with E-state index in [4.69, 9.17) is 0 Å². The lowest BCUT2D eigenvalue weighted by Gasteiger charge is -2.02. The molecule has 2 aromatic heterocycles. The zero-order valence-corrected chi connectivity index (χ0v) is 10.1. The van der Waals surface area contributed by atoms with E-state index in [1.807, 2.05) is 0 Å². The molecule has 0 unspecified atom stereocenters. The Hall–Kier alpha value is -2.26. The number of aromatic nitrogens is 4. The van der Waals surface area contributed by atoms with Gasteiger partial charge in [0.05, 0.1) is 11.0 Å². The molecule has 0 saturated carbocycles. The molecule has 0 bridgehead atoms. The van der Waals surface area contributed by atoms with Gasteiger partial charge < -0.3 is 9.54 Å². The average molecular weight is 281 g/mol. The molecule has 3 rings (SSSR count). The van der Waals surface area contributed by atoms with Gasteiger partial charge in [0, 0.05) is 18.5 Å². The van der Waals surface area contributed by atoms with Crippen LogP contribution in [0.1, 0.15) is 0 Å². The number of fused-ring (bicyclic) bond motifs is 1. The van der Waals surface area contributed by atoms with Crippen molar-refractivity contribution in [2.75, 3.05) is 0 Å². The van der Waals surface area contributed by atoms with Gasteiger partial charge in [0.2, 0.25) is 5.16 Å². The van der Waals surface area contributed by atoms with E-state index in [-0.39, 0.29) is 16.7 Å². The zero-order chi connectivity index (χ0) is 13.6. The maximum absolute atomic E-state index is 13.9. The maximum atomic E-state index is 13.9. The second-order valence-electron chi connectivity index (χ2n) is 3.77. The van der Waals surface area contributed by atoms with Crippen LogP contribution in [0.3, 0.4) is 0 Å². The van der Waals surface area contributed by atoms with Gasteiger partial charge in [0.1, 0.15) is 5.69 Å². The normalized spacial score (nSPS) is 12.1. The van der Waals surface area contributed by atoms with E-state index in [2.05, 4.69) is 15.1 Å². The van der Waals surface area contributed by atoms with Crippen LogP contribution in [-0.4, -0.2) is 32.7 Å². The Morgan fingerprint density at radius 1 is 1.37 bits per heavy atom. The van der Waals surface area contributed by atoms with Crippen LogP contribution in [0.15, 0.2) is 35.7 Å². The van der Waals surface area contributed by atoms with E-state index in [9.17, 15) is 17.4 Å². The first-order chi connectivity index (χ1) is 8.95. The monoisotopic (exact) mass is 281 g/mol. The van der Waals surface area contributed by atoms with Crippen molar-refractivity contribution in [2.24, 2.45) is 0 Å². The molecule has 19 heavy (non-hydrogen) atoms. The lowest BCUT2D eigenvalue weighted by atomic mass is 10.2. The first-order valence-corrected chi connectivity index (χ1v) is 6.51. The molecule has 3 aromatic rings. The van der Waals surface area contributed by atoms with E-state index in [0.29, 0.717) is 0 Å². The fourth-order valence-corrected chi connectivity index (χ4v) is 2.15. The van der Waals surface area contributed by atoms with E-state index in [0.717, 1.165) is 6.07 Å². The van der Waals surface area contributed by atoms with Gasteiger partial charge in [-0.1, -0.05) is 0 Å². The van der Waals surface area contributed by atoms with Gasteiger partial charge >= 0.3 is 0 Å². The van der Waals surface area contributed by atoms with E-state index in [1.54, 1.807) is 6.07 Å². The molecule has 0 saturated heterocycles. The van der Waals surface area contributed by atoms with Gasteiger partial charge in [-0.15, -0.1) is 0 Å². The first-order valence-electron chi connectivity index (χ1n) is 5.10. The highest BCUT2D eigenvalue weighted by atomic mass is 32.2. The number of halogens is 1. The molecule has 7 nitrogen and oxygen atoms in total. The highest BCUT2D eigenvalue weighted by molar-refractivity contribution is 7.85. The van der Waals surface area contributed by atoms with Crippen molar-refractivity contribution in [1.82, 2.24) is 19.7 Å². The third-order valence-corrected chi connectivity index (χ3v) is 3.18. The van der Waals surface area contributed by atoms with Gasteiger partial charge in [-0.25, -0.2) is 22.5 Å². The van der Waals surface area contributed by atoms with Crippen LogP contribution in [-0.2, 0) is 10.1 Å². The summed E-state index contributed by atoms with van der Waals surface area (Å²) < 4.78 is 47.6. The standard InChI is InChI=1S/C10H7FN4O3S/c11-6-4-7-8(14-10(13-7)19(16,17)18)5-9(6)15-3-1-2-12-15/h1-5H,(H,13,14)(H,16,17,18)/p-1. The number of nitrogens with one attached hydrogen (secondary N) is 1. The van der Waals surface area contributed by atoms with Crippen molar-refractivity contribution >= 4 is 21.2 Å². The minimum absolute atomic E-state index is 0.110. The van der Waals surface area contributed by atoms with Crippen LogP contribution in [0.5, 0.6) is 0 Å². The van der Waals surface area contributed by atoms with E-state index >= 15 is 0 Å². The third-order valence-electron chi connectivity index (χ3n) is 2.52. The Balaban J connectivity index is 2.26. The smallest absolute Gasteiger partial charge is 0.213 e. The van der Waals surface area contributed by atoms with Crippen molar-refractivity contribution in [3.8, 4) is 5.69 Å². The largest absolute Gasteiger partial charge is 0.742 e. The number of hydrogen-bond donors (Lipinski definition) is 1. The summed E-state index contributed by atoms with van der Waals surface area (Å²) in [4.78, 5) is 5.90. The summed E-state index contributed by atoms with van der Waals surface area (Å²) in [5.41, 5.74) is 0.406. The lowest BCUT2D eigenvalue weighted by Crippen LogP contribution is -2.00. The summed E-state index contributed by atoms with van der Waals surface area (Å²) in [5, 5.41) is 3.13. The molecule has 1 N–H and O–H groups in total.